The number of ether oxygens (including phenoxy) is 1. The highest BCUT2D eigenvalue weighted by Gasteiger charge is 2.17. The van der Waals surface area contributed by atoms with Crippen LogP contribution in [0.25, 0.3) is 11.4 Å². The van der Waals surface area contributed by atoms with Crippen molar-refractivity contribution in [2.75, 3.05) is 13.4 Å². The fourth-order valence-electron chi connectivity index (χ4n) is 2.30. The van der Waals surface area contributed by atoms with E-state index in [9.17, 15) is 4.79 Å². The van der Waals surface area contributed by atoms with Gasteiger partial charge in [0.05, 0.1) is 13.5 Å². The molecule has 2 aromatic carbocycles. The molecule has 0 bridgehead atoms. The summed E-state index contributed by atoms with van der Waals surface area (Å²) in [6.45, 7) is 0. The summed E-state index contributed by atoms with van der Waals surface area (Å²) in [5, 5.41) is 4.98. The average Bonchev–Trinajstić information content (AvgIpc) is 3.07. The molecule has 0 spiro atoms. The number of hydrogen-bond acceptors (Lipinski definition) is 5. The third-order valence-electron chi connectivity index (χ3n) is 3.54. The summed E-state index contributed by atoms with van der Waals surface area (Å²) in [6.07, 6.45) is 2.17. The van der Waals surface area contributed by atoms with Gasteiger partial charge in [-0.2, -0.15) is 4.68 Å². The van der Waals surface area contributed by atoms with Crippen LogP contribution in [0.5, 0.6) is 5.75 Å². The lowest BCUT2D eigenvalue weighted by atomic mass is 10.1. The third-order valence-corrected chi connectivity index (χ3v) is 4.17. The first-order valence-corrected chi connectivity index (χ1v) is 8.66. The van der Waals surface area contributed by atoms with Gasteiger partial charge in [0, 0.05) is 5.56 Å². The standard InChI is InChI=1S/C18H17N3O2S/c1-23-15-10-8-14(9-11-15)17-19-18(24-2)21(20-17)16(22)12-13-6-4-3-5-7-13/h3-11H,12H2,1-2H3. The molecular weight excluding hydrogens is 322 g/mol. The SMILES string of the molecule is COc1ccc(-c2nc(SC)n(C(=O)Cc3ccccc3)n2)cc1. The molecule has 0 radical (unpaired) electrons. The van der Waals surface area contributed by atoms with Crippen molar-refractivity contribution in [1.82, 2.24) is 14.8 Å². The van der Waals surface area contributed by atoms with Crippen LogP contribution in [0.1, 0.15) is 10.4 Å². The van der Waals surface area contributed by atoms with E-state index < -0.39 is 0 Å². The summed E-state index contributed by atoms with van der Waals surface area (Å²) in [4.78, 5) is 17.0. The largest absolute Gasteiger partial charge is 0.497 e. The molecule has 0 N–H and O–H groups in total. The van der Waals surface area contributed by atoms with E-state index in [0.717, 1.165) is 16.9 Å². The van der Waals surface area contributed by atoms with Gasteiger partial charge in [-0.25, -0.2) is 4.98 Å². The fourth-order valence-corrected chi connectivity index (χ4v) is 2.79. The van der Waals surface area contributed by atoms with E-state index in [2.05, 4.69) is 10.1 Å². The molecule has 3 rings (SSSR count). The number of carbonyl (C=O) groups is 1. The summed E-state index contributed by atoms with van der Waals surface area (Å²) < 4.78 is 6.54. The lowest BCUT2D eigenvalue weighted by molar-refractivity contribution is 0.0886. The van der Waals surface area contributed by atoms with Gasteiger partial charge in [0.2, 0.25) is 0 Å². The van der Waals surface area contributed by atoms with Gasteiger partial charge in [0.1, 0.15) is 5.75 Å². The zero-order valence-corrected chi connectivity index (χ0v) is 14.3. The van der Waals surface area contributed by atoms with Crippen molar-refractivity contribution in [3.05, 3.63) is 60.2 Å². The number of nitrogens with zero attached hydrogens (tertiary/aromatic N) is 3. The number of hydrogen-bond donors (Lipinski definition) is 0. The van der Waals surface area contributed by atoms with Gasteiger partial charge in [0.15, 0.2) is 11.0 Å². The van der Waals surface area contributed by atoms with Crippen molar-refractivity contribution in [1.29, 1.82) is 0 Å². The Morgan fingerprint density at radius 1 is 1.12 bits per heavy atom. The lowest BCUT2D eigenvalue weighted by Crippen LogP contribution is -2.16. The third kappa shape index (κ3) is 3.49. The number of thioether (sulfide) groups is 1. The summed E-state index contributed by atoms with van der Waals surface area (Å²) in [5.74, 6) is 1.20. The number of benzene rings is 2. The maximum atomic E-state index is 12.6. The molecule has 0 atom stereocenters. The van der Waals surface area contributed by atoms with Crippen molar-refractivity contribution in [3.63, 3.8) is 0 Å². The molecule has 0 aliphatic rings. The molecule has 3 aromatic rings. The second-order valence-corrected chi connectivity index (χ2v) is 5.89. The summed E-state index contributed by atoms with van der Waals surface area (Å²) >= 11 is 1.40. The van der Waals surface area contributed by atoms with E-state index >= 15 is 0 Å². The summed E-state index contributed by atoms with van der Waals surface area (Å²) in [7, 11) is 1.62. The number of carbonyl (C=O) groups excluding carboxylic acids is 1. The van der Waals surface area contributed by atoms with Crippen LogP contribution in [-0.4, -0.2) is 34.0 Å². The van der Waals surface area contributed by atoms with Gasteiger partial charge in [0.25, 0.3) is 5.91 Å². The Morgan fingerprint density at radius 2 is 1.83 bits per heavy atom. The topological polar surface area (TPSA) is 57.0 Å². The Kier molecular flexibility index (Phi) is 4.96. The molecular formula is C18H17N3O2S. The highest BCUT2D eigenvalue weighted by atomic mass is 32.2. The van der Waals surface area contributed by atoms with Crippen molar-refractivity contribution >= 4 is 17.7 Å². The Hall–Kier alpha value is -2.60. The first kappa shape index (κ1) is 16.3. The molecule has 0 saturated heterocycles. The van der Waals surface area contributed by atoms with Gasteiger partial charge < -0.3 is 4.74 Å². The van der Waals surface area contributed by atoms with E-state index in [1.165, 1.54) is 16.4 Å². The second kappa shape index (κ2) is 7.31. The number of aromatic nitrogens is 3. The highest BCUT2D eigenvalue weighted by molar-refractivity contribution is 7.98. The quantitative estimate of drug-likeness (QED) is 0.665. The molecule has 5 nitrogen and oxygen atoms in total. The van der Waals surface area contributed by atoms with E-state index in [1.807, 2.05) is 60.9 Å². The molecule has 0 fully saturated rings. The number of rotatable bonds is 5. The van der Waals surface area contributed by atoms with Gasteiger partial charge in [-0.1, -0.05) is 42.1 Å². The normalized spacial score (nSPS) is 10.6. The zero-order valence-electron chi connectivity index (χ0n) is 13.5. The second-order valence-electron chi connectivity index (χ2n) is 5.12. The minimum Gasteiger partial charge on any atom is -0.497 e. The van der Waals surface area contributed by atoms with Gasteiger partial charge in [-0.05, 0) is 36.1 Å². The van der Waals surface area contributed by atoms with Crippen molar-refractivity contribution in [2.24, 2.45) is 0 Å². The lowest BCUT2D eigenvalue weighted by Gasteiger charge is -2.02. The minimum absolute atomic E-state index is 0.0992. The summed E-state index contributed by atoms with van der Waals surface area (Å²) in [5.41, 5.74) is 1.80. The van der Waals surface area contributed by atoms with E-state index in [4.69, 9.17) is 4.74 Å². The molecule has 0 saturated carbocycles. The Labute approximate surface area is 144 Å². The van der Waals surface area contributed by atoms with Crippen LogP contribution in [0.15, 0.2) is 59.8 Å². The van der Waals surface area contributed by atoms with E-state index in [0.29, 0.717) is 17.4 Å². The van der Waals surface area contributed by atoms with Crippen LogP contribution in [-0.2, 0) is 6.42 Å². The average molecular weight is 339 g/mol. The van der Waals surface area contributed by atoms with Gasteiger partial charge in [-0.3, -0.25) is 4.79 Å². The maximum Gasteiger partial charge on any atom is 0.253 e. The molecule has 0 aliphatic carbocycles. The Balaban J connectivity index is 1.88. The Morgan fingerprint density at radius 3 is 2.46 bits per heavy atom. The monoisotopic (exact) mass is 339 g/mol. The molecule has 1 aromatic heterocycles. The molecule has 0 unspecified atom stereocenters. The van der Waals surface area contributed by atoms with Crippen molar-refractivity contribution in [2.45, 2.75) is 11.6 Å². The highest BCUT2D eigenvalue weighted by Crippen LogP contribution is 2.22. The van der Waals surface area contributed by atoms with Crippen LogP contribution in [0, 0.1) is 0 Å². The van der Waals surface area contributed by atoms with Gasteiger partial charge >= 0.3 is 0 Å². The maximum absolute atomic E-state index is 12.6. The first-order valence-electron chi connectivity index (χ1n) is 7.44. The minimum atomic E-state index is -0.0992. The van der Waals surface area contributed by atoms with Crippen LogP contribution in [0.3, 0.4) is 0 Å². The van der Waals surface area contributed by atoms with Crippen LogP contribution in [0.2, 0.25) is 0 Å². The number of methoxy groups -OCH3 is 1. The molecule has 0 aliphatic heterocycles. The molecule has 24 heavy (non-hydrogen) atoms. The molecule has 1 heterocycles. The van der Waals surface area contributed by atoms with E-state index in [-0.39, 0.29) is 5.91 Å². The summed E-state index contributed by atoms with van der Waals surface area (Å²) in [6, 6.07) is 17.1. The zero-order chi connectivity index (χ0) is 16.9. The molecule has 6 heteroatoms. The van der Waals surface area contributed by atoms with E-state index in [1.54, 1.807) is 7.11 Å². The first-order chi connectivity index (χ1) is 11.7. The predicted molar refractivity (Wildman–Crippen MR) is 94.6 cm³/mol. The van der Waals surface area contributed by atoms with Crippen molar-refractivity contribution < 1.29 is 9.53 Å². The van der Waals surface area contributed by atoms with Crippen LogP contribution in [0.4, 0.5) is 0 Å². The van der Waals surface area contributed by atoms with Crippen LogP contribution >= 0.6 is 11.8 Å². The Bertz CT molecular complexity index is 829. The van der Waals surface area contributed by atoms with Crippen LogP contribution < -0.4 is 4.74 Å². The fraction of sp³-hybridized carbons (Fsp3) is 0.167. The van der Waals surface area contributed by atoms with Crippen molar-refractivity contribution in [3.8, 4) is 17.1 Å². The predicted octanol–water partition coefficient (Wildman–Crippen LogP) is 3.56. The smallest absolute Gasteiger partial charge is 0.253 e. The molecule has 0 amide bonds. The molecule has 122 valence electrons. The van der Waals surface area contributed by atoms with Gasteiger partial charge in [-0.15, -0.1) is 5.10 Å².